The number of hydrogen-bond acceptors (Lipinski definition) is 2. The van der Waals surface area contributed by atoms with E-state index in [0.29, 0.717) is 6.04 Å². The first kappa shape index (κ1) is 8.81. The van der Waals surface area contributed by atoms with Crippen molar-refractivity contribution in [2.75, 3.05) is 33.2 Å². The smallest absolute Gasteiger partial charge is 0.319 e. The van der Waals surface area contributed by atoms with Gasteiger partial charge in [0.1, 0.15) is 0 Å². The van der Waals surface area contributed by atoms with Gasteiger partial charge in [-0.1, -0.05) is 0 Å². The number of nitrogens with one attached hydrogen (secondary N) is 1. The van der Waals surface area contributed by atoms with Gasteiger partial charge in [0.2, 0.25) is 0 Å². The third-order valence-corrected chi connectivity index (χ3v) is 2.91. The summed E-state index contributed by atoms with van der Waals surface area (Å²) in [6.45, 7) is 3.78. The molecule has 0 aliphatic carbocycles. The molecule has 0 radical (unpaired) electrons. The van der Waals surface area contributed by atoms with Crippen LogP contribution in [0, 0.1) is 0 Å². The Morgan fingerprint density at radius 3 is 2.92 bits per heavy atom. The molecule has 4 heteroatoms. The van der Waals surface area contributed by atoms with Gasteiger partial charge in [-0.25, -0.2) is 4.79 Å². The lowest BCUT2D eigenvalue weighted by Crippen LogP contribution is -2.39. The lowest BCUT2D eigenvalue weighted by molar-refractivity contribution is 0.195. The minimum atomic E-state index is 0.189. The van der Waals surface area contributed by atoms with E-state index in [1.807, 2.05) is 11.9 Å². The molecule has 74 valence electrons. The molecule has 0 unspecified atom stereocenters. The zero-order valence-corrected chi connectivity index (χ0v) is 8.12. The number of carbonyl (C=O) groups excluding carboxylic acids is 1. The number of carbonyl (C=O) groups is 1. The normalized spacial score (nSPS) is 29.0. The van der Waals surface area contributed by atoms with Gasteiger partial charge in [-0.15, -0.1) is 0 Å². The van der Waals surface area contributed by atoms with E-state index in [9.17, 15) is 4.79 Å². The van der Waals surface area contributed by atoms with Gasteiger partial charge in [0.25, 0.3) is 0 Å². The Kier molecular flexibility index (Phi) is 2.40. The molecular weight excluding hydrogens is 166 g/mol. The highest BCUT2D eigenvalue weighted by Gasteiger charge is 2.28. The van der Waals surface area contributed by atoms with Crippen LogP contribution in [0.15, 0.2) is 0 Å². The minimum Gasteiger partial charge on any atom is -0.326 e. The van der Waals surface area contributed by atoms with Crippen molar-refractivity contribution in [2.24, 2.45) is 0 Å². The van der Waals surface area contributed by atoms with Crippen molar-refractivity contribution < 1.29 is 4.79 Å². The van der Waals surface area contributed by atoms with Crippen LogP contribution in [0.1, 0.15) is 12.8 Å². The van der Waals surface area contributed by atoms with Crippen LogP contribution in [0.25, 0.3) is 0 Å². The van der Waals surface area contributed by atoms with Gasteiger partial charge in [0.15, 0.2) is 0 Å². The molecule has 13 heavy (non-hydrogen) atoms. The van der Waals surface area contributed by atoms with Gasteiger partial charge >= 0.3 is 6.03 Å². The summed E-state index contributed by atoms with van der Waals surface area (Å²) < 4.78 is 0. The molecule has 2 amide bonds. The molecular formula is C9H17N3O. The highest BCUT2D eigenvalue weighted by Crippen LogP contribution is 2.11. The predicted molar refractivity (Wildman–Crippen MR) is 50.6 cm³/mol. The molecule has 0 bridgehead atoms. The Morgan fingerprint density at radius 2 is 2.38 bits per heavy atom. The molecule has 1 N–H and O–H groups in total. The molecule has 0 aromatic heterocycles. The van der Waals surface area contributed by atoms with Crippen molar-refractivity contribution in [3.63, 3.8) is 0 Å². The largest absolute Gasteiger partial charge is 0.326 e. The Labute approximate surface area is 78.9 Å². The van der Waals surface area contributed by atoms with Crippen LogP contribution in [-0.2, 0) is 0 Å². The first-order chi connectivity index (χ1) is 6.27. The zero-order chi connectivity index (χ0) is 9.26. The second-order valence-electron chi connectivity index (χ2n) is 3.94. The average Bonchev–Trinajstić information content (AvgIpc) is 2.71. The van der Waals surface area contributed by atoms with Gasteiger partial charge < -0.3 is 15.1 Å². The molecule has 2 saturated heterocycles. The van der Waals surface area contributed by atoms with Crippen LogP contribution in [0.3, 0.4) is 0 Å². The number of urea groups is 1. The maximum atomic E-state index is 11.5. The van der Waals surface area contributed by atoms with Gasteiger partial charge in [-0.2, -0.15) is 0 Å². The number of rotatable bonds is 2. The van der Waals surface area contributed by atoms with Gasteiger partial charge in [0.05, 0.1) is 0 Å². The second-order valence-corrected chi connectivity index (χ2v) is 3.94. The van der Waals surface area contributed by atoms with E-state index in [2.05, 4.69) is 5.32 Å². The zero-order valence-electron chi connectivity index (χ0n) is 8.12. The molecule has 2 fully saturated rings. The minimum absolute atomic E-state index is 0.189. The molecule has 2 aliphatic rings. The average molecular weight is 183 g/mol. The van der Waals surface area contributed by atoms with E-state index < -0.39 is 0 Å². The first-order valence-electron chi connectivity index (χ1n) is 5.01. The molecule has 2 heterocycles. The van der Waals surface area contributed by atoms with Crippen LogP contribution in [0.5, 0.6) is 0 Å². The molecule has 4 nitrogen and oxygen atoms in total. The fraction of sp³-hybridized carbons (Fsp3) is 0.889. The van der Waals surface area contributed by atoms with Crippen LogP contribution in [0.4, 0.5) is 4.79 Å². The molecule has 0 saturated carbocycles. The summed E-state index contributed by atoms with van der Waals surface area (Å²) in [5, 5.41) is 3.41. The molecule has 1 atom stereocenters. The topological polar surface area (TPSA) is 35.6 Å². The summed E-state index contributed by atoms with van der Waals surface area (Å²) in [4.78, 5) is 15.3. The van der Waals surface area contributed by atoms with Gasteiger partial charge in [-0.3, -0.25) is 0 Å². The third kappa shape index (κ3) is 1.77. The Bertz CT molecular complexity index is 201. The first-order valence-corrected chi connectivity index (χ1v) is 5.01. The highest BCUT2D eigenvalue weighted by molar-refractivity contribution is 5.76. The van der Waals surface area contributed by atoms with Crippen molar-refractivity contribution in [1.82, 2.24) is 15.1 Å². The number of hydrogen-bond donors (Lipinski definition) is 1. The summed E-state index contributed by atoms with van der Waals surface area (Å²) in [6.07, 6.45) is 2.47. The predicted octanol–water partition coefficient (Wildman–Crippen LogP) is 0.106. The standard InChI is InChI=1S/C9H17N3O/c1-11-5-6-12(9(11)13)7-8-3-2-4-10-8/h8,10H,2-7H2,1H3/t8-/m1/s1. The molecule has 2 aliphatic heterocycles. The van der Waals surface area contributed by atoms with E-state index in [-0.39, 0.29) is 6.03 Å². The van der Waals surface area contributed by atoms with Crippen molar-refractivity contribution in [3.8, 4) is 0 Å². The molecule has 0 spiro atoms. The lowest BCUT2D eigenvalue weighted by Gasteiger charge is -2.20. The molecule has 0 aromatic rings. The Hall–Kier alpha value is -0.770. The van der Waals surface area contributed by atoms with Crippen molar-refractivity contribution in [2.45, 2.75) is 18.9 Å². The summed E-state index contributed by atoms with van der Waals surface area (Å²) >= 11 is 0. The summed E-state index contributed by atoms with van der Waals surface area (Å²) in [5.74, 6) is 0. The Balaban J connectivity index is 1.84. The maximum absolute atomic E-state index is 11.5. The quantitative estimate of drug-likeness (QED) is 0.659. The van der Waals surface area contributed by atoms with E-state index in [4.69, 9.17) is 0 Å². The van der Waals surface area contributed by atoms with E-state index in [0.717, 1.165) is 26.2 Å². The lowest BCUT2D eigenvalue weighted by atomic mass is 10.2. The SMILES string of the molecule is CN1CCN(C[C@H]2CCCN2)C1=O. The highest BCUT2D eigenvalue weighted by atomic mass is 16.2. The Morgan fingerprint density at radius 1 is 1.54 bits per heavy atom. The fourth-order valence-electron chi connectivity index (χ4n) is 2.05. The molecule has 2 rings (SSSR count). The van der Waals surface area contributed by atoms with E-state index in [1.165, 1.54) is 12.8 Å². The van der Waals surface area contributed by atoms with Crippen molar-refractivity contribution in [1.29, 1.82) is 0 Å². The van der Waals surface area contributed by atoms with Crippen LogP contribution in [-0.4, -0.2) is 55.1 Å². The third-order valence-electron chi connectivity index (χ3n) is 2.91. The number of likely N-dealkylation sites (N-methyl/N-ethyl adjacent to an activating group) is 1. The van der Waals surface area contributed by atoms with Gasteiger partial charge in [0, 0.05) is 32.7 Å². The van der Waals surface area contributed by atoms with Crippen molar-refractivity contribution >= 4 is 6.03 Å². The monoisotopic (exact) mass is 183 g/mol. The second kappa shape index (κ2) is 3.54. The number of amides is 2. The van der Waals surface area contributed by atoms with Crippen LogP contribution in [0.2, 0.25) is 0 Å². The number of nitrogens with zero attached hydrogens (tertiary/aromatic N) is 2. The van der Waals surface area contributed by atoms with E-state index in [1.54, 1.807) is 4.90 Å². The molecule has 0 aromatic carbocycles. The van der Waals surface area contributed by atoms with E-state index >= 15 is 0 Å². The maximum Gasteiger partial charge on any atom is 0.319 e. The van der Waals surface area contributed by atoms with Gasteiger partial charge in [-0.05, 0) is 19.4 Å². The summed E-state index contributed by atoms with van der Waals surface area (Å²) in [6, 6.07) is 0.726. The summed E-state index contributed by atoms with van der Waals surface area (Å²) in [5.41, 5.74) is 0. The fourth-order valence-corrected chi connectivity index (χ4v) is 2.05. The summed E-state index contributed by atoms with van der Waals surface area (Å²) in [7, 11) is 1.87. The van der Waals surface area contributed by atoms with Crippen LogP contribution >= 0.6 is 0 Å². The van der Waals surface area contributed by atoms with Crippen LogP contribution < -0.4 is 5.32 Å². The van der Waals surface area contributed by atoms with Crippen molar-refractivity contribution in [3.05, 3.63) is 0 Å².